The third kappa shape index (κ3) is 26.2. The molecule has 26 nitrogen and oxygen atoms in total. The van der Waals surface area contributed by atoms with Crippen molar-refractivity contribution < 1.29 is 81.3 Å². The van der Waals surface area contributed by atoms with Crippen molar-refractivity contribution in [3.8, 4) is 46.0 Å². The van der Waals surface area contributed by atoms with Crippen LogP contribution in [0, 0.1) is 0 Å². The van der Waals surface area contributed by atoms with E-state index in [4.69, 9.17) is 51.6 Å². The second-order valence-electron chi connectivity index (χ2n) is 29.2. The monoisotopic (exact) mass is 1820 g/mol. The van der Waals surface area contributed by atoms with Crippen LogP contribution in [-0.4, -0.2) is 129 Å². The highest BCUT2D eigenvalue weighted by molar-refractivity contribution is 7.90. The zero-order valence-electron chi connectivity index (χ0n) is 69.3. The maximum Gasteiger partial charge on any atom is 0.281 e. The fourth-order valence-electron chi connectivity index (χ4n) is 14.0. The summed E-state index contributed by atoms with van der Waals surface area (Å²) in [4.78, 5) is 62.1. The molecule has 0 unspecified atom stereocenters. The fourth-order valence-corrected chi connectivity index (χ4v) is 16.2. The summed E-state index contributed by atoms with van der Waals surface area (Å²) in [6.45, 7) is 3.77. The molecule has 0 aliphatic heterocycles. The standard InChI is InChI=1S/2C25H24N2O5S.C23H21ClN2O4S.C21H23ClN2O4S/c1-33(29,30)27-25(28)24-22(21-13-5-6-15-23(21)26-24)14-8-16-31-19-11-7-12-20(17-19)32-18-9-3-2-4-10-18;1-33(29,30)27-25(28)24-22(21-10-5-6-12-23(21)26-24)11-7-17-31-18-13-15-20(16-14-18)32-19-8-3-2-4-9-19;1-31(28,29)26-23(27)22-18(16-8-4-5-11-20(16)25-22)10-6-14-30-21-13-12-19(24)15-7-2-3-9-17(15)21;1-3-14-13-15(10-11-18(14)22)28-12-6-8-17-16-7-4-5-9-19(16)23-20(17)21(25)24-29(2,26)27/h2-7,9-13,15,17,26H,8,14,16H2,1H3,(H,27,28);2-6,8-10,12-16,26H,7,11,17H2,1H3,(H,27,28);2-5,7-9,11-13,25H,6,10,14H2,1H3,(H,26,27);4-5,7,9-11,13,23H,3,6,8,12H2,1-2H3,(H,24,25). The number of hydrogen-bond acceptors (Lipinski definition) is 18. The minimum absolute atomic E-state index is 0.250. The van der Waals surface area contributed by atoms with Crippen LogP contribution in [-0.2, 0) is 72.2 Å². The number of benzene rings is 11. The third-order valence-electron chi connectivity index (χ3n) is 19.4. The van der Waals surface area contributed by atoms with E-state index in [1.165, 1.54) is 0 Å². The number of aromatic amines is 4. The van der Waals surface area contributed by atoms with Gasteiger partial charge < -0.3 is 48.4 Å². The number of carbonyl (C=O) groups excluding carboxylic acids is 4. The number of nitrogens with one attached hydrogen (secondary N) is 8. The van der Waals surface area contributed by atoms with Gasteiger partial charge in [0, 0.05) is 70.5 Å². The molecule has 0 spiro atoms. The molecule has 0 saturated heterocycles. The van der Waals surface area contributed by atoms with Crippen LogP contribution in [0.5, 0.6) is 46.0 Å². The van der Waals surface area contributed by atoms with Crippen molar-refractivity contribution in [3.63, 3.8) is 0 Å². The van der Waals surface area contributed by atoms with Gasteiger partial charge in [-0.2, -0.15) is 0 Å². The Morgan fingerprint density at radius 1 is 0.294 bits per heavy atom. The van der Waals surface area contributed by atoms with E-state index in [-0.39, 0.29) is 22.8 Å². The quantitative estimate of drug-likeness (QED) is 0.0177. The molecule has 11 aromatic carbocycles. The van der Waals surface area contributed by atoms with Gasteiger partial charge in [-0.3, -0.25) is 19.2 Å². The number of hydrogen-bond donors (Lipinski definition) is 8. The number of carbonyl (C=O) groups is 4. The van der Waals surface area contributed by atoms with Crippen molar-refractivity contribution in [1.29, 1.82) is 0 Å². The van der Waals surface area contributed by atoms with E-state index in [1.807, 2.05) is 287 Å². The molecule has 0 aliphatic carbocycles. The smallest absolute Gasteiger partial charge is 0.281 e. The van der Waals surface area contributed by atoms with E-state index in [1.54, 1.807) is 0 Å². The minimum atomic E-state index is -3.67. The predicted octanol–water partition coefficient (Wildman–Crippen LogP) is 18.1. The van der Waals surface area contributed by atoms with Crippen LogP contribution in [0.25, 0.3) is 54.4 Å². The van der Waals surface area contributed by atoms with E-state index in [2.05, 4.69) is 19.9 Å². The summed E-state index contributed by atoms with van der Waals surface area (Å²) in [5, 5.41) is 6.81. The average Bonchev–Trinajstić information content (AvgIpc) is 1.60. The van der Waals surface area contributed by atoms with Gasteiger partial charge in [0.1, 0.15) is 68.8 Å². The molecule has 4 amide bonds. The topological polar surface area (TPSA) is 371 Å². The lowest BCUT2D eigenvalue weighted by Crippen LogP contribution is -2.30. The number of aromatic nitrogens is 4. The van der Waals surface area contributed by atoms with Gasteiger partial charge in [-0.1, -0.05) is 170 Å². The van der Waals surface area contributed by atoms with Crippen molar-refractivity contribution in [2.45, 2.75) is 64.7 Å². The molecule has 8 N–H and O–H groups in total. The number of ether oxygens (including phenoxy) is 6. The van der Waals surface area contributed by atoms with Crippen molar-refractivity contribution in [2.24, 2.45) is 0 Å². The number of rotatable bonds is 33. The summed E-state index contributed by atoms with van der Waals surface area (Å²) in [6, 6.07) is 80.8. The first-order valence-corrected chi connectivity index (χ1v) is 48.3. The number of amides is 4. The van der Waals surface area contributed by atoms with Crippen LogP contribution in [0.3, 0.4) is 0 Å². The molecule has 0 bridgehead atoms. The predicted molar refractivity (Wildman–Crippen MR) is 493 cm³/mol. The third-order valence-corrected chi connectivity index (χ3v) is 22.4. The summed E-state index contributed by atoms with van der Waals surface area (Å²) in [7, 11) is -14.7. The van der Waals surface area contributed by atoms with Crippen LogP contribution < -0.4 is 47.3 Å². The summed E-state index contributed by atoms with van der Waals surface area (Å²) >= 11 is 12.4. The Morgan fingerprint density at radius 2 is 0.579 bits per heavy atom. The van der Waals surface area contributed by atoms with Crippen LogP contribution in [0.1, 0.15) is 102 Å². The zero-order chi connectivity index (χ0) is 89.6. The summed E-state index contributed by atoms with van der Waals surface area (Å²) in [5.41, 5.74) is 8.23. The highest BCUT2D eigenvalue weighted by Crippen LogP contribution is 2.35. The SMILES string of the molecule is CCc1cc(OCCCc2c(C(=O)NS(C)(=O)=O)[nH]c3ccccc23)ccc1Cl.CS(=O)(=O)NC(=O)c1[nH]c2ccccc2c1CCCOc1ccc(Cl)c2ccccc12.CS(=O)(=O)NC(=O)c1[nH]c2ccccc2c1CCCOc1ccc(Oc2ccccc2)cc1.CS(=O)(=O)NC(=O)c1[nH]c2ccccc2c1CCCOc1cccc(Oc2ccccc2)c1. The molecule has 0 radical (unpaired) electrons. The van der Waals surface area contributed by atoms with E-state index in [9.17, 15) is 52.8 Å². The molecule has 126 heavy (non-hydrogen) atoms. The molecular weight excluding hydrogens is 1730 g/mol. The van der Waals surface area contributed by atoms with Gasteiger partial charge in [-0.05, 0) is 201 Å². The summed E-state index contributed by atoms with van der Waals surface area (Å²) < 4.78 is 135. The molecule has 0 saturated carbocycles. The van der Waals surface area contributed by atoms with Crippen molar-refractivity contribution >= 4 is 141 Å². The number of sulfonamides is 4. The van der Waals surface area contributed by atoms with E-state index < -0.39 is 63.7 Å². The van der Waals surface area contributed by atoms with Crippen molar-refractivity contribution in [2.75, 3.05) is 51.5 Å². The van der Waals surface area contributed by atoms with E-state index in [0.29, 0.717) is 106 Å². The zero-order valence-corrected chi connectivity index (χ0v) is 74.0. The molecule has 32 heteroatoms. The van der Waals surface area contributed by atoms with Gasteiger partial charge in [-0.25, -0.2) is 52.6 Å². The van der Waals surface area contributed by atoms with E-state index in [0.717, 1.165) is 142 Å². The molecule has 15 rings (SSSR count). The average molecular weight is 1820 g/mol. The first kappa shape index (κ1) is 92.1. The van der Waals surface area contributed by atoms with Crippen LogP contribution in [0.4, 0.5) is 0 Å². The summed E-state index contributed by atoms with van der Waals surface area (Å²) in [5.74, 6) is 3.12. The second kappa shape index (κ2) is 42.5. The maximum atomic E-state index is 12.5. The molecule has 0 fully saturated rings. The van der Waals surface area contributed by atoms with Gasteiger partial charge in [0.05, 0.1) is 51.5 Å². The van der Waals surface area contributed by atoms with Crippen LogP contribution >= 0.6 is 23.2 Å². The lowest BCUT2D eigenvalue weighted by atomic mass is 10.1. The molecule has 0 aliphatic rings. The van der Waals surface area contributed by atoms with Gasteiger partial charge >= 0.3 is 0 Å². The van der Waals surface area contributed by atoms with Crippen LogP contribution in [0.15, 0.2) is 261 Å². The lowest BCUT2D eigenvalue weighted by Gasteiger charge is -2.11. The normalized spacial score (nSPS) is 11.5. The Balaban J connectivity index is 0.000000153. The van der Waals surface area contributed by atoms with Crippen molar-refractivity contribution in [3.05, 3.63) is 321 Å². The Morgan fingerprint density at radius 3 is 0.960 bits per heavy atom. The second-order valence-corrected chi connectivity index (χ2v) is 37.0. The highest BCUT2D eigenvalue weighted by atomic mass is 35.5. The van der Waals surface area contributed by atoms with Crippen LogP contribution in [0.2, 0.25) is 10.0 Å². The number of para-hydroxylation sites is 6. The molecular formula is C94H92Cl2N8O18S4. The Kier molecular flexibility index (Phi) is 31.1. The van der Waals surface area contributed by atoms with Gasteiger partial charge in [0.2, 0.25) is 40.1 Å². The van der Waals surface area contributed by atoms with Gasteiger partial charge in [-0.15, -0.1) is 0 Å². The molecule has 4 aromatic heterocycles. The molecule has 15 aromatic rings. The highest BCUT2D eigenvalue weighted by Gasteiger charge is 2.25. The van der Waals surface area contributed by atoms with Crippen molar-refractivity contribution in [1.82, 2.24) is 38.8 Å². The number of fused-ring (bicyclic) bond motifs is 5. The Labute approximate surface area is 739 Å². The largest absolute Gasteiger partial charge is 0.494 e. The van der Waals surface area contributed by atoms with Gasteiger partial charge in [0.25, 0.3) is 23.6 Å². The first-order chi connectivity index (χ1) is 60.4. The van der Waals surface area contributed by atoms with E-state index >= 15 is 0 Å². The molecule has 654 valence electrons. The Bertz CT molecular complexity index is 6870. The van der Waals surface area contributed by atoms with Gasteiger partial charge in [0.15, 0.2) is 0 Å². The number of halogens is 2. The first-order valence-electron chi connectivity index (χ1n) is 40.0. The number of aryl methyl sites for hydroxylation is 5. The summed E-state index contributed by atoms with van der Waals surface area (Å²) in [6.07, 6.45) is 9.40. The molecule has 0 atom stereocenters. The number of H-pyrrole nitrogens is 4. The lowest BCUT2D eigenvalue weighted by molar-refractivity contribution is 0.0967. The Hall–Kier alpha value is -13.1. The maximum absolute atomic E-state index is 12.5. The minimum Gasteiger partial charge on any atom is -0.494 e. The fraction of sp³-hybridized carbons (Fsp3) is 0.191. The molecule has 4 heterocycles.